The zero-order valence-electron chi connectivity index (χ0n) is 9.47. The minimum atomic E-state index is -4.67. The molecule has 20 heavy (non-hydrogen) atoms. The zero-order valence-corrected chi connectivity index (χ0v) is 11.7. The number of alkyl halides is 4. The Morgan fingerprint density at radius 2 is 1.65 bits per heavy atom. The van der Waals surface area contributed by atoms with Crippen molar-refractivity contribution < 1.29 is 22.8 Å². The number of carbonyl (C=O) groups is 2. The summed E-state index contributed by atoms with van der Waals surface area (Å²) in [5.74, 6) is 2.39. The fourth-order valence-corrected chi connectivity index (χ4v) is 2.04. The summed E-state index contributed by atoms with van der Waals surface area (Å²) in [6, 6.07) is 1.09. The van der Waals surface area contributed by atoms with Crippen molar-refractivity contribution in [2.24, 2.45) is 5.84 Å². The Morgan fingerprint density at radius 1 is 1.20 bits per heavy atom. The first-order chi connectivity index (χ1) is 9.09. The summed E-state index contributed by atoms with van der Waals surface area (Å²) in [5, 5.41) is -0.790. The molecule has 0 fully saturated rings. The van der Waals surface area contributed by atoms with Crippen LogP contribution in [0.2, 0.25) is 10.0 Å². The smallest absolute Gasteiger partial charge is 0.287 e. The largest absolute Gasteiger partial charge is 0.416 e. The summed E-state index contributed by atoms with van der Waals surface area (Å²) in [5.41, 5.74) is -1.52. The van der Waals surface area contributed by atoms with Gasteiger partial charge >= 0.3 is 12.1 Å². The van der Waals surface area contributed by atoms with E-state index in [1.807, 2.05) is 0 Å². The van der Waals surface area contributed by atoms with Crippen LogP contribution in [0.3, 0.4) is 0 Å². The molecule has 0 spiro atoms. The summed E-state index contributed by atoms with van der Waals surface area (Å²) in [6.45, 7) is 0. The van der Waals surface area contributed by atoms with Crippen molar-refractivity contribution in [1.29, 1.82) is 0 Å². The molecule has 110 valence electrons. The minimum Gasteiger partial charge on any atom is -0.287 e. The Kier molecular flexibility index (Phi) is 5.26. The number of nitrogens with two attached hydrogens (primary N) is 1. The summed E-state index contributed by atoms with van der Waals surface area (Å²) in [4.78, 5) is 22.6. The number of amides is 1. The number of hydrogen-bond acceptors (Lipinski definition) is 3. The van der Waals surface area contributed by atoms with E-state index in [0.717, 1.165) is 0 Å². The Labute approximate surface area is 126 Å². The average molecular weight is 350 g/mol. The third-order valence-corrected chi connectivity index (χ3v) is 2.98. The molecule has 0 aliphatic rings. The Hall–Kier alpha value is -1.02. The van der Waals surface area contributed by atoms with Crippen LogP contribution in [-0.4, -0.2) is 17.6 Å². The molecule has 0 bridgehead atoms. The molecule has 0 atom stereocenters. The van der Waals surface area contributed by atoms with Crippen molar-refractivity contribution >= 4 is 52.2 Å². The first kappa shape index (κ1) is 17.0. The highest BCUT2D eigenvalue weighted by atomic mass is 35.5. The third kappa shape index (κ3) is 3.54. The first-order valence-corrected chi connectivity index (χ1v) is 6.12. The van der Waals surface area contributed by atoms with Gasteiger partial charge in [0.25, 0.3) is 0 Å². The normalized spacial score (nSPS) is 11.3. The maximum atomic E-state index is 12.5. The zero-order chi connectivity index (χ0) is 15.7. The van der Waals surface area contributed by atoms with Crippen LogP contribution in [0.5, 0.6) is 0 Å². The van der Waals surface area contributed by atoms with E-state index in [2.05, 4.69) is 0 Å². The van der Waals surface area contributed by atoms with Gasteiger partial charge in [0.15, 0.2) is 0 Å². The van der Waals surface area contributed by atoms with E-state index in [1.54, 1.807) is 0 Å². The summed E-state index contributed by atoms with van der Waals surface area (Å²) in [7, 11) is 0. The lowest BCUT2D eigenvalue weighted by molar-refractivity contribution is -0.137. The fraction of sp³-hybridized carbons (Fsp3) is 0.200. The van der Waals surface area contributed by atoms with Gasteiger partial charge in [-0.25, -0.2) is 10.9 Å². The van der Waals surface area contributed by atoms with Crippen molar-refractivity contribution in [2.45, 2.75) is 6.18 Å². The van der Waals surface area contributed by atoms with Crippen LogP contribution < -0.4 is 10.9 Å². The Morgan fingerprint density at radius 3 is 2.00 bits per heavy atom. The molecular formula is C10H6Cl3F3N2O2. The summed E-state index contributed by atoms with van der Waals surface area (Å²) >= 11 is 16.4. The molecule has 0 radical (unpaired) electrons. The number of carbonyl (C=O) groups excluding carboxylic acids is 2. The molecule has 0 aliphatic carbocycles. The van der Waals surface area contributed by atoms with E-state index in [0.29, 0.717) is 12.1 Å². The van der Waals surface area contributed by atoms with Crippen LogP contribution in [0.15, 0.2) is 12.1 Å². The molecule has 0 saturated heterocycles. The van der Waals surface area contributed by atoms with Gasteiger partial charge in [-0.3, -0.25) is 9.59 Å². The lowest BCUT2D eigenvalue weighted by Gasteiger charge is -2.19. The van der Waals surface area contributed by atoms with Crippen molar-refractivity contribution in [3.8, 4) is 0 Å². The number of halogens is 6. The highest BCUT2D eigenvalue weighted by molar-refractivity contribution is 6.51. The highest BCUT2D eigenvalue weighted by Gasteiger charge is 2.33. The third-order valence-electron chi connectivity index (χ3n) is 2.16. The second-order valence-corrected chi connectivity index (χ2v) is 4.60. The topological polar surface area (TPSA) is 63.4 Å². The monoisotopic (exact) mass is 348 g/mol. The van der Waals surface area contributed by atoms with Gasteiger partial charge in [0, 0.05) is 0 Å². The average Bonchev–Trinajstić information content (AvgIpc) is 2.34. The molecule has 0 aromatic heterocycles. The number of anilines is 1. The molecule has 1 aromatic rings. The van der Waals surface area contributed by atoms with E-state index in [-0.39, 0.29) is 5.01 Å². The van der Waals surface area contributed by atoms with E-state index in [9.17, 15) is 22.8 Å². The number of hydrogen-bond donors (Lipinski definition) is 1. The molecule has 1 rings (SSSR count). The maximum absolute atomic E-state index is 12.5. The van der Waals surface area contributed by atoms with Crippen molar-refractivity contribution in [1.82, 2.24) is 0 Å². The first-order valence-electron chi connectivity index (χ1n) is 4.83. The molecule has 4 nitrogen and oxygen atoms in total. The molecule has 0 saturated carbocycles. The summed E-state index contributed by atoms with van der Waals surface area (Å²) in [6.07, 6.45) is -4.67. The lowest BCUT2D eigenvalue weighted by Crippen LogP contribution is -2.43. The minimum absolute atomic E-state index is 0.259. The molecule has 0 unspecified atom stereocenters. The molecule has 1 amide bonds. The Bertz CT molecular complexity index is 540. The van der Waals surface area contributed by atoms with Gasteiger partial charge in [-0.1, -0.05) is 23.2 Å². The molecule has 0 aliphatic heterocycles. The Balaban J connectivity index is 3.28. The van der Waals surface area contributed by atoms with E-state index < -0.39 is 45.0 Å². The maximum Gasteiger partial charge on any atom is 0.416 e. The van der Waals surface area contributed by atoms with E-state index in [1.165, 1.54) is 0 Å². The molecular weight excluding hydrogens is 343 g/mol. The predicted octanol–water partition coefficient (Wildman–Crippen LogP) is 3.03. The summed E-state index contributed by atoms with van der Waals surface area (Å²) < 4.78 is 37.6. The predicted molar refractivity (Wildman–Crippen MR) is 68.9 cm³/mol. The van der Waals surface area contributed by atoms with E-state index >= 15 is 0 Å². The standard InChI is InChI=1S/C10H6Cl3F3N2O2/c11-3-7(19)9(20)18(17)8-5(12)1-4(2-6(8)13)10(14,15)16/h1-2H,3,17H2. The van der Waals surface area contributed by atoms with Gasteiger partial charge in [0.1, 0.15) is 0 Å². The van der Waals surface area contributed by atoms with Crippen LogP contribution >= 0.6 is 34.8 Å². The van der Waals surface area contributed by atoms with Gasteiger partial charge in [-0.15, -0.1) is 11.6 Å². The van der Waals surface area contributed by atoms with Gasteiger partial charge in [-0.05, 0) is 12.1 Å². The number of hydrazine groups is 1. The lowest BCUT2D eigenvalue weighted by atomic mass is 10.2. The number of Topliss-reactive ketones (excluding diaryl/α,β-unsaturated/α-hetero) is 1. The van der Waals surface area contributed by atoms with Crippen LogP contribution in [0.25, 0.3) is 0 Å². The van der Waals surface area contributed by atoms with Crippen molar-refractivity contribution in [2.75, 3.05) is 10.9 Å². The molecule has 0 heterocycles. The van der Waals surface area contributed by atoms with Crippen molar-refractivity contribution in [3.05, 3.63) is 27.7 Å². The quantitative estimate of drug-likeness (QED) is 0.300. The van der Waals surface area contributed by atoms with Gasteiger partial charge < -0.3 is 0 Å². The number of benzene rings is 1. The van der Waals surface area contributed by atoms with Crippen LogP contribution in [0, 0.1) is 0 Å². The van der Waals surface area contributed by atoms with Crippen molar-refractivity contribution in [3.63, 3.8) is 0 Å². The highest BCUT2D eigenvalue weighted by Crippen LogP contribution is 2.39. The number of ketones is 1. The molecule has 10 heteroatoms. The van der Waals surface area contributed by atoms with Crippen LogP contribution in [-0.2, 0) is 15.8 Å². The van der Waals surface area contributed by atoms with Gasteiger partial charge in [0.05, 0.1) is 27.2 Å². The fourth-order valence-electron chi connectivity index (χ4n) is 1.25. The SMILES string of the molecule is NN(C(=O)C(=O)CCl)c1c(Cl)cc(C(F)(F)F)cc1Cl. The second kappa shape index (κ2) is 6.17. The van der Waals surface area contributed by atoms with Crippen LogP contribution in [0.4, 0.5) is 18.9 Å². The second-order valence-electron chi connectivity index (χ2n) is 3.52. The number of rotatable bonds is 3. The number of nitrogens with zero attached hydrogens (tertiary/aromatic N) is 1. The van der Waals surface area contributed by atoms with Gasteiger partial charge in [-0.2, -0.15) is 13.2 Å². The molecule has 2 N–H and O–H groups in total. The van der Waals surface area contributed by atoms with Gasteiger partial charge in [0.2, 0.25) is 5.78 Å². The van der Waals surface area contributed by atoms with Crippen LogP contribution in [0.1, 0.15) is 5.56 Å². The van der Waals surface area contributed by atoms with E-state index in [4.69, 9.17) is 40.6 Å². The molecule has 1 aromatic carbocycles.